The first-order chi connectivity index (χ1) is 12.7. The zero-order valence-electron chi connectivity index (χ0n) is 14.8. The van der Waals surface area contributed by atoms with E-state index in [1.165, 1.54) is 4.90 Å². The summed E-state index contributed by atoms with van der Waals surface area (Å²) in [6.07, 6.45) is 0.325. The monoisotopic (exact) mass is 364 g/mol. The van der Waals surface area contributed by atoms with E-state index < -0.39 is 0 Å². The molecule has 0 aliphatic heterocycles. The smallest absolute Gasteiger partial charge is 0.167 e. The Kier molecular flexibility index (Phi) is 5.97. The molecule has 0 bridgehead atoms. The Bertz CT molecular complexity index is 874. The van der Waals surface area contributed by atoms with Crippen molar-refractivity contribution in [3.05, 3.63) is 83.9 Å². The van der Waals surface area contributed by atoms with Gasteiger partial charge in [-0.05, 0) is 42.0 Å². The molecule has 0 fully saturated rings. The van der Waals surface area contributed by atoms with Gasteiger partial charge >= 0.3 is 0 Å². The first kappa shape index (κ1) is 18.1. The summed E-state index contributed by atoms with van der Waals surface area (Å²) in [7, 11) is 3.18. The average molecular weight is 364 g/mol. The Hall–Kier alpha value is -2.72. The van der Waals surface area contributed by atoms with E-state index in [1.54, 1.807) is 26.0 Å². The van der Waals surface area contributed by atoms with Crippen molar-refractivity contribution >= 4 is 17.5 Å². The van der Waals surface area contributed by atoms with Gasteiger partial charge in [0.1, 0.15) is 0 Å². The highest BCUT2D eigenvalue weighted by Gasteiger charge is 2.10. The molecule has 4 heteroatoms. The number of methoxy groups -OCH3 is 2. The van der Waals surface area contributed by atoms with Gasteiger partial charge in [0.2, 0.25) is 0 Å². The second-order valence-electron chi connectivity index (χ2n) is 5.73. The van der Waals surface area contributed by atoms with Gasteiger partial charge in [-0.3, -0.25) is 4.79 Å². The number of ketones is 1. The standard InChI is InChI=1S/C22H20O3S/c1-24-21-13-8-16(15-22(21)25-2)14-20(23)17-9-11-19(12-10-17)26-18-6-4-3-5-7-18/h3-13,15H,14H2,1-2H3. The number of Topliss-reactive ketones (excluding diaryl/α,β-unsaturated/α-hetero) is 1. The van der Waals surface area contributed by atoms with Crippen molar-refractivity contribution in [1.82, 2.24) is 0 Å². The van der Waals surface area contributed by atoms with E-state index in [2.05, 4.69) is 12.1 Å². The average Bonchev–Trinajstić information content (AvgIpc) is 2.69. The lowest BCUT2D eigenvalue weighted by molar-refractivity contribution is 0.0993. The molecular weight excluding hydrogens is 344 g/mol. The fourth-order valence-electron chi connectivity index (χ4n) is 2.61. The summed E-state index contributed by atoms with van der Waals surface area (Å²) in [4.78, 5) is 14.8. The molecule has 0 saturated carbocycles. The van der Waals surface area contributed by atoms with Crippen molar-refractivity contribution < 1.29 is 14.3 Å². The van der Waals surface area contributed by atoms with Crippen LogP contribution in [0.5, 0.6) is 11.5 Å². The quantitative estimate of drug-likeness (QED) is 0.534. The lowest BCUT2D eigenvalue weighted by atomic mass is 10.0. The van der Waals surface area contributed by atoms with E-state index >= 15 is 0 Å². The third-order valence-electron chi connectivity index (χ3n) is 3.97. The summed E-state index contributed by atoms with van der Waals surface area (Å²) in [6.45, 7) is 0. The number of carbonyl (C=O) groups excluding carboxylic acids is 1. The maximum Gasteiger partial charge on any atom is 0.167 e. The molecule has 0 radical (unpaired) electrons. The van der Waals surface area contributed by atoms with Gasteiger partial charge in [-0.1, -0.05) is 48.2 Å². The minimum Gasteiger partial charge on any atom is -0.493 e. The van der Waals surface area contributed by atoms with E-state index in [0.717, 1.165) is 10.5 Å². The Morgan fingerprint density at radius 2 is 1.46 bits per heavy atom. The summed E-state index contributed by atoms with van der Waals surface area (Å²) >= 11 is 1.68. The van der Waals surface area contributed by atoms with Crippen molar-refractivity contribution in [3.8, 4) is 11.5 Å². The minimum atomic E-state index is 0.0773. The van der Waals surface area contributed by atoms with Crippen LogP contribution in [-0.2, 0) is 6.42 Å². The summed E-state index contributed by atoms with van der Waals surface area (Å²) < 4.78 is 10.5. The van der Waals surface area contributed by atoms with Crippen molar-refractivity contribution in [1.29, 1.82) is 0 Å². The largest absolute Gasteiger partial charge is 0.493 e. The molecule has 0 N–H and O–H groups in total. The maximum absolute atomic E-state index is 12.6. The van der Waals surface area contributed by atoms with Gasteiger partial charge in [0.05, 0.1) is 14.2 Å². The van der Waals surface area contributed by atoms with Gasteiger partial charge < -0.3 is 9.47 Å². The molecule has 3 aromatic carbocycles. The van der Waals surface area contributed by atoms with Crippen LogP contribution in [0.25, 0.3) is 0 Å². The molecule has 132 valence electrons. The van der Waals surface area contributed by atoms with Crippen LogP contribution in [0.1, 0.15) is 15.9 Å². The zero-order chi connectivity index (χ0) is 18.4. The van der Waals surface area contributed by atoms with Crippen LogP contribution in [0.4, 0.5) is 0 Å². The fraction of sp³-hybridized carbons (Fsp3) is 0.136. The van der Waals surface area contributed by atoms with Gasteiger partial charge in [0, 0.05) is 21.8 Å². The Balaban J connectivity index is 1.68. The first-order valence-corrected chi connectivity index (χ1v) is 9.08. The van der Waals surface area contributed by atoms with Crippen LogP contribution in [0, 0.1) is 0 Å². The minimum absolute atomic E-state index is 0.0773. The number of carbonyl (C=O) groups is 1. The van der Waals surface area contributed by atoms with E-state index in [1.807, 2.05) is 60.7 Å². The van der Waals surface area contributed by atoms with Crippen molar-refractivity contribution in [2.75, 3.05) is 14.2 Å². The number of benzene rings is 3. The normalized spacial score (nSPS) is 10.4. The van der Waals surface area contributed by atoms with Crippen molar-refractivity contribution in [3.63, 3.8) is 0 Å². The highest BCUT2D eigenvalue weighted by atomic mass is 32.2. The van der Waals surface area contributed by atoms with Gasteiger partial charge in [0.25, 0.3) is 0 Å². The first-order valence-electron chi connectivity index (χ1n) is 8.26. The molecule has 0 amide bonds. The molecule has 26 heavy (non-hydrogen) atoms. The summed E-state index contributed by atoms with van der Waals surface area (Å²) in [5, 5.41) is 0. The predicted molar refractivity (Wildman–Crippen MR) is 105 cm³/mol. The third-order valence-corrected chi connectivity index (χ3v) is 4.98. The highest BCUT2D eigenvalue weighted by Crippen LogP contribution is 2.29. The molecule has 0 aliphatic rings. The van der Waals surface area contributed by atoms with Gasteiger partial charge in [-0.25, -0.2) is 0 Å². The molecule has 0 spiro atoms. The van der Waals surface area contributed by atoms with E-state index in [0.29, 0.717) is 23.5 Å². The van der Waals surface area contributed by atoms with Crippen LogP contribution in [0.3, 0.4) is 0 Å². The van der Waals surface area contributed by atoms with Crippen LogP contribution in [-0.4, -0.2) is 20.0 Å². The van der Waals surface area contributed by atoms with Crippen LogP contribution < -0.4 is 9.47 Å². The van der Waals surface area contributed by atoms with E-state index in [9.17, 15) is 4.79 Å². The molecule has 0 aromatic heterocycles. The molecule has 3 nitrogen and oxygen atoms in total. The van der Waals surface area contributed by atoms with Crippen molar-refractivity contribution in [2.24, 2.45) is 0 Å². The Morgan fingerprint density at radius 1 is 0.808 bits per heavy atom. The predicted octanol–water partition coefficient (Wildman–Crippen LogP) is 5.28. The SMILES string of the molecule is COc1ccc(CC(=O)c2ccc(Sc3ccccc3)cc2)cc1OC. The third kappa shape index (κ3) is 4.46. The summed E-state index contributed by atoms with van der Waals surface area (Å²) in [5.41, 5.74) is 1.60. The number of hydrogen-bond acceptors (Lipinski definition) is 4. The van der Waals surface area contributed by atoms with E-state index in [4.69, 9.17) is 9.47 Å². The Labute approximate surface area is 158 Å². The molecule has 0 heterocycles. The lowest BCUT2D eigenvalue weighted by Gasteiger charge is -2.09. The molecule has 0 aliphatic carbocycles. The molecular formula is C22H20O3S. The zero-order valence-corrected chi connectivity index (χ0v) is 15.6. The highest BCUT2D eigenvalue weighted by molar-refractivity contribution is 7.99. The summed E-state index contributed by atoms with van der Waals surface area (Å²) in [6, 6.07) is 23.5. The molecule has 3 rings (SSSR count). The van der Waals surface area contributed by atoms with Gasteiger partial charge in [0.15, 0.2) is 17.3 Å². The van der Waals surface area contributed by atoms with Crippen LogP contribution in [0.15, 0.2) is 82.6 Å². The van der Waals surface area contributed by atoms with Gasteiger partial charge in [-0.15, -0.1) is 0 Å². The molecule has 0 atom stereocenters. The van der Waals surface area contributed by atoms with E-state index in [-0.39, 0.29) is 5.78 Å². The fourth-order valence-corrected chi connectivity index (χ4v) is 3.45. The van der Waals surface area contributed by atoms with Crippen LogP contribution in [0.2, 0.25) is 0 Å². The second kappa shape index (κ2) is 8.59. The Morgan fingerprint density at radius 3 is 2.12 bits per heavy atom. The van der Waals surface area contributed by atoms with Gasteiger partial charge in [-0.2, -0.15) is 0 Å². The number of hydrogen-bond donors (Lipinski definition) is 0. The molecule has 0 unspecified atom stereocenters. The maximum atomic E-state index is 12.6. The second-order valence-corrected chi connectivity index (χ2v) is 6.88. The molecule has 0 saturated heterocycles. The topological polar surface area (TPSA) is 35.5 Å². The van der Waals surface area contributed by atoms with Crippen LogP contribution >= 0.6 is 11.8 Å². The molecule has 3 aromatic rings. The summed E-state index contributed by atoms with van der Waals surface area (Å²) in [5.74, 6) is 1.37. The lowest BCUT2D eigenvalue weighted by Crippen LogP contribution is -2.04. The number of ether oxygens (including phenoxy) is 2. The van der Waals surface area contributed by atoms with Crippen molar-refractivity contribution in [2.45, 2.75) is 16.2 Å². The number of rotatable bonds is 7.